The van der Waals surface area contributed by atoms with Gasteiger partial charge in [0, 0.05) is 17.5 Å². The Kier molecular flexibility index (Phi) is 5.46. The minimum Gasteiger partial charge on any atom is -0.486 e. The number of fused-ring (bicyclic) bond motifs is 1. The van der Waals surface area contributed by atoms with Crippen LogP contribution in [-0.4, -0.2) is 55.9 Å². The lowest BCUT2D eigenvalue weighted by molar-refractivity contribution is -0.0106. The highest BCUT2D eigenvalue weighted by Gasteiger charge is 2.28. The van der Waals surface area contributed by atoms with E-state index in [0.29, 0.717) is 19.2 Å². The van der Waals surface area contributed by atoms with Crippen LogP contribution in [0.4, 0.5) is 0 Å². The molecule has 0 aliphatic carbocycles. The minimum atomic E-state index is -0.566. The number of benzene rings is 1. The molecule has 3 rings (SSSR count). The highest BCUT2D eigenvalue weighted by molar-refractivity contribution is 7.98. The quantitative estimate of drug-likeness (QED) is 0.709. The van der Waals surface area contributed by atoms with E-state index in [9.17, 15) is 5.11 Å². The van der Waals surface area contributed by atoms with Gasteiger partial charge in [-0.3, -0.25) is 0 Å². The van der Waals surface area contributed by atoms with Crippen LogP contribution in [0.25, 0.3) is 0 Å². The van der Waals surface area contributed by atoms with Crippen LogP contribution < -0.4 is 20.1 Å². The first-order valence-electron chi connectivity index (χ1n) is 7.86. The highest BCUT2D eigenvalue weighted by atomic mass is 32.2. The molecule has 122 valence electrons. The molecule has 6 heteroatoms. The fourth-order valence-electron chi connectivity index (χ4n) is 2.83. The molecule has 1 fully saturated rings. The zero-order chi connectivity index (χ0) is 15.4. The number of rotatable bonds is 5. The molecule has 22 heavy (non-hydrogen) atoms. The molecule has 2 atom stereocenters. The third-order valence-electron chi connectivity index (χ3n) is 4.22. The second-order valence-corrected chi connectivity index (χ2v) is 6.66. The van der Waals surface area contributed by atoms with E-state index in [1.807, 2.05) is 24.5 Å². The summed E-state index contributed by atoms with van der Waals surface area (Å²) in [4.78, 5) is 1.15. The van der Waals surface area contributed by atoms with Gasteiger partial charge in [0.05, 0.1) is 0 Å². The van der Waals surface area contributed by atoms with Crippen LogP contribution in [0.1, 0.15) is 12.8 Å². The highest BCUT2D eigenvalue weighted by Crippen LogP contribution is 2.35. The van der Waals surface area contributed by atoms with Gasteiger partial charge in [-0.2, -0.15) is 0 Å². The largest absolute Gasteiger partial charge is 0.486 e. The molecule has 1 aromatic rings. The first kappa shape index (κ1) is 15.9. The third kappa shape index (κ3) is 3.87. The van der Waals surface area contributed by atoms with Gasteiger partial charge in [0.25, 0.3) is 0 Å². The lowest BCUT2D eigenvalue weighted by Crippen LogP contribution is -2.48. The molecule has 2 aliphatic rings. The van der Waals surface area contributed by atoms with E-state index in [0.717, 1.165) is 42.3 Å². The van der Waals surface area contributed by atoms with Crippen LogP contribution in [-0.2, 0) is 0 Å². The third-order valence-corrected chi connectivity index (χ3v) is 4.94. The molecule has 0 bridgehead atoms. The van der Waals surface area contributed by atoms with Gasteiger partial charge < -0.3 is 25.2 Å². The van der Waals surface area contributed by atoms with Gasteiger partial charge in [-0.15, -0.1) is 11.8 Å². The summed E-state index contributed by atoms with van der Waals surface area (Å²) in [6.45, 7) is 3.01. The van der Waals surface area contributed by atoms with Gasteiger partial charge >= 0.3 is 0 Å². The molecule has 1 saturated heterocycles. The lowest BCUT2D eigenvalue weighted by atomic mass is 10.1. The SMILES string of the molecule is CSc1ccc2c(c1)OCC(C(O)CNC1CCNCC1)O2. The fraction of sp³-hybridized carbons (Fsp3) is 0.625. The van der Waals surface area contributed by atoms with Crippen molar-refractivity contribution in [2.45, 2.75) is 36.0 Å². The summed E-state index contributed by atoms with van der Waals surface area (Å²) >= 11 is 1.67. The van der Waals surface area contributed by atoms with Crippen molar-refractivity contribution < 1.29 is 14.6 Å². The van der Waals surface area contributed by atoms with Crippen LogP contribution >= 0.6 is 11.8 Å². The monoisotopic (exact) mass is 324 g/mol. The van der Waals surface area contributed by atoms with Crippen LogP contribution in [0.15, 0.2) is 23.1 Å². The van der Waals surface area contributed by atoms with Crippen molar-refractivity contribution in [3.8, 4) is 11.5 Å². The summed E-state index contributed by atoms with van der Waals surface area (Å²) in [5.74, 6) is 1.48. The summed E-state index contributed by atoms with van der Waals surface area (Å²) in [6, 6.07) is 6.39. The van der Waals surface area contributed by atoms with Crippen molar-refractivity contribution in [2.75, 3.05) is 32.5 Å². The summed E-state index contributed by atoms with van der Waals surface area (Å²) < 4.78 is 11.7. The molecule has 2 unspecified atom stereocenters. The van der Waals surface area contributed by atoms with Crippen molar-refractivity contribution in [1.29, 1.82) is 0 Å². The first-order chi connectivity index (χ1) is 10.8. The topological polar surface area (TPSA) is 62.8 Å². The van der Waals surface area contributed by atoms with Crippen molar-refractivity contribution in [1.82, 2.24) is 10.6 Å². The van der Waals surface area contributed by atoms with Crippen LogP contribution in [0.5, 0.6) is 11.5 Å². The van der Waals surface area contributed by atoms with E-state index in [4.69, 9.17) is 9.47 Å². The molecular formula is C16H24N2O3S. The second kappa shape index (κ2) is 7.55. The van der Waals surface area contributed by atoms with Gasteiger partial charge in [-0.05, 0) is 50.4 Å². The van der Waals surface area contributed by atoms with E-state index in [1.54, 1.807) is 11.8 Å². The van der Waals surface area contributed by atoms with Crippen LogP contribution in [0.2, 0.25) is 0 Å². The number of ether oxygens (including phenoxy) is 2. The predicted molar refractivity (Wildman–Crippen MR) is 88.0 cm³/mol. The summed E-state index contributed by atoms with van der Waals surface area (Å²) in [6.07, 6.45) is 3.36. The summed E-state index contributed by atoms with van der Waals surface area (Å²) in [5.41, 5.74) is 0. The number of hydrogen-bond acceptors (Lipinski definition) is 6. The average Bonchev–Trinajstić information content (AvgIpc) is 2.59. The van der Waals surface area contributed by atoms with E-state index in [2.05, 4.69) is 10.6 Å². The minimum absolute atomic E-state index is 0.318. The molecule has 0 radical (unpaired) electrons. The Bertz CT molecular complexity index is 494. The fourth-order valence-corrected chi connectivity index (χ4v) is 3.26. The molecule has 2 heterocycles. The Hall–Kier alpha value is -0.950. The second-order valence-electron chi connectivity index (χ2n) is 5.78. The van der Waals surface area contributed by atoms with Crippen molar-refractivity contribution in [2.24, 2.45) is 0 Å². The maximum absolute atomic E-state index is 10.3. The zero-order valence-corrected chi connectivity index (χ0v) is 13.7. The number of aliphatic hydroxyl groups excluding tert-OH is 1. The van der Waals surface area contributed by atoms with E-state index in [1.165, 1.54) is 0 Å². The predicted octanol–water partition coefficient (Wildman–Crippen LogP) is 1.25. The molecular weight excluding hydrogens is 300 g/mol. The Morgan fingerprint density at radius 2 is 2.18 bits per heavy atom. The smallest absolute Gasteiger partial charge is 0.162 e. The molecule has 2 aliphatic heterocycles. The maximum atomic E-state index is 10.3. The number of hydrogen-bond donors (Lipinski definition) is 3. The number of aliphatic hydroxyl groups is 1. The molecule has 0 saturated carbocycles. The Labute approximate surface area is 135 Å². The molecule has 1 aromatic carbocycles. The van der Waals surface area contributed by atoms with Crippen molar-refractivity contribution in [3.05, 3.63) is 18.2 Å². The molecule has 0 aromatic heterocycles. The van der Waals surface area contributed by atoms with E-state index in [-0.39, 0.29) is 6.10 Å². The van der Waals surface area contributed by atoms with E-state index >= 15 is 0 Å². The zero-order valence-electron chi connectivity index (χ0n) is 12.9. The lowest BCUT2D eigenvalue weighted by Gasteiger charge is -2.31. The van der Waals surface area contributed by atoms with E-state index < -0.39 is 6.10 Å². The summed E-state index contributed by atoms with van der Waals surface area (Å²) in [7, 11) is 0. The standard InChI is InChI=1S/C16H24N2O3S/c1-22-12-2-3-14-15(8-12)20-10-16(21-14)13(19)9-18-11-4-6-17-7-5-11/h2-3,8,11,13,16-19H,4-7,9-10H2,1H3. The normalized spacial score (nSPS) is 23.3. The van der Waals surface area contributed by atoms with Gasteiger partial charge in [0.1, 0.15) is 12.7 Å². The number of piperidine rings is 1. The molecule has 0 amide bonds. The number of thioether (sulfide) groups is 1. The molecule has 3 N–H and O–H groups in total. The van der Waals surface area contributed by atoms with Gasteiger partial charge in [-0.1, -0.05) is 0 Å². The van der Waals surface area contributed by atoms with Crippen LogP contribution in [0.3, 0.4) is 0 Å². The maximum Gasteiger partial charge on any atom is 0.162 e. The van der Waals surface area contributed by atoms with Gasteiger partial charge in [0.2, 0.25) is 0 Å². The van der Waals surface area contributed by atoms with Crippen molar-refractivity contribution in [3.63, 3.8) is 0 Å². The Balaban J connectivity index is 1.52. The number of nitrogens with one attached hydrogen (secondary N) is 2. The first-order valence-corrected chi connectivity index (χ1v) is 9.08. The van der Waals surface area contributed by atoms with Gasteiger partial charge in [-0.25, -0.2) is 0 Å². The molecule has 5 nitrogen and oxygen atoms in total. The summed E-state index contributed by atoms with van der Waals surface area (Å²) in [5, 5.41) is 17.1. The Morgan fingerprint density at radius 3 is 2.95 bits per heavy atom. The van der Waals surface area contributed by atoms with Crippen LogP contribution in [0, 0.1) is 0 Å². The van der Waals surface area contributed by atoms with Crippen molar-refractivity contribution >= 4 is 11.8 Å². The Morgan fingerprint density at radius 1 is 1.36 bits per heavy atom. The molecule has 0 spiro atoms. The van der Waals surface area contributed by atoms with Gasteiger partial charge in [0.15, 0.2) is 17.6 Å². The average molecular weight is 324 g/mol.